The highest BCUT2D eigenvalue weighted by Gasteiger charge is 2.69. The molecule has 0 aromatic carbocycles. The number of rotatable bonds is 1. The lowest BCUT2D eigenvalue weighted by Crippen LogP contribution is -2.66. The van der Waals surface area contributed by atoms with Crippen LogP contribution in [0.25, 0.3) is 0 Å². The van der Waals surface area contributed by atoms with Crippen molar-refractivity contribution in [1.29, 1.82) is 0 Å². The molecule has 1 aliphatic heterocycles. The fourth-order valence-electron chi connectivity index (χ4n) is 3.78. The van der Waals surface area contributed by atoms with Crippen molar-refractivity contribution in [2.45, 2.75) is 66.7 Å². The zero-order chi connectivity index (χ0) is 15.1. The largest absolute Gasteiger partial charge is 0.342 e. The molecule has 3 nitrogen and oxygen atoms in total. The second-order valence-corrected chi connectivity index (χ2v) is 5.62. The van der Waals surface area contributed by atoms with Crippen LogP contribution in [-0.4, -0.2) is 30.9 Å². The van der Waals surface area contributed by atoms with E-state index in [9.17, 15) is 4.79 Å². The Morgan fingerprint density at radius 2 is 1.32 bits per heavy atom. The average Bonchev–Trinajstić information content (AvgIpc) is 2.94. The first-order chi connectivity index (χ1) is 9.14. The molecule has 2 N–H and O–H groups in total. The number of hydrogen-bond acceptors (Lipinski definition) is 2. The maximum atomic E-state index is 12.1. The molecule has 3 heteroatoms. The predicted molar refractivity (Wildman–Crippen MR) is 83.0 cm³/mol. The molecule has 4 fully saturated rings. The van der Waals surface area contributed by atoms with Gasteiger partial charge in [-0.25, -0.2) is 0 Å². The minimum atomic E-state index is 0.138. The van der Waals surface area contributed by atoms with Crippen molar-refractivity contribution in [1.82, 2.24) is 4.90 Å². The number of nitrogens with zero attached hydrogens (tertiary/aromatic N) is 1. The fourth-order valence-corrected chi connectivity index (χ4v) is 3.78. The summed E-state index contributed by atoms with van der Waals surface area (Å²) in [6, 6.07) is 0. The van der Waals surface area contributed by atoms with Crippen molar-refractivity contribution in [3.63, 3.8) is 0 Å². The third-order valence-corrected chi connectivity index (χ3v) is 4.14. The molecule has 19 heavy (non-hydrogen) atoms. The summed E-state index contributed by atoms with van der Waals surface area (Å²) in [4.78, 5) is 14.2. The van der Waals surface area contributed by atoms with E-state index in [0.29, 0.717) is 11.3 Å². The predicted octanol–water partition coefficient (Wildman–Crippen LogP) is 3.43. The Kier molecular flexibility index (Phi) is 7.65. The van der Waals surface area contributed by atoms with Crippen LogP contribution in [0.1, 0.15) is 66.7 Å². The molecule has 4 aliphatic rings. The summed E-state index contributed by atoms with van der Waals surface area (Å²) >= 11 is 0. The van der Waals surface area contributed by atoms with E-state index in [1.807, 2.05) is 27.7 Å². The molecular weight excluding hydrogens is 236 g/mol. The highest BCUT2D eigenvalue weighted by atomic mass is 16.2. The van der Waals surface area contributed by atoms with Gasteiger partial charge in [-0.15, -0.1) is 0 Å². The highest BCUT2D eigenvalue weighted by molar-refractivity contribution is 5.86. The molecule has 4 rings (SSSR count). The van der Waals surface area contributed by atoms with E-state index in [1.165, 1.54) is 39.2 Å². The topological polar surface area (TPSA) is 46.3 Å². The summed E-state index contributed by atoms with van der Waals surface area (Å²) in [6.07, 6.45) is 5.97. The second-order valence-electron chi connectivity index (χ2n) is 5.62. The number of nitrogens with two attached hydrogens (primary N) is 1. The standard InChI is InChI=1S/C11H17NO.2C2H6.CH5N/c1-10-6-11(7-10,8-10)9(13)12-4-2-3-5-12;3*1-2/h2-8H2,1H3;2*1-2H3;2H2,1H3. The molecular formula is C16H34N2O. The lowest BCUT2D eigenvalue weighted by atomic mass is 9.35. The van der Waals surface area contributed by atoms with Gasteiger partial charge in [-0.05, 0) is 44.6 Å². The summed E-state index contributed by atoms with van der Waals surface area (Å²) in [5.41, 5.74) is 5.20. The van der Waals surface area contributed by atoms with Gasteiger partial charge in [0.25, 0.3) is 0 Å². The Labute approximate surface area is 119 Å². The van der Waals surface area contributed by atoms with E-state index < -0.39 is 0 Å². The van der Waals surface area contributed by atoms with Gasteiger partial charge < -0.3 is 10.6 Å². The minimum Gasteiger partial charge on any atom is -0.342 e. The fraction of sp³-hybridized carbons (Fsp3) is 0.938. The van der Waals surface area contributed by atoms with Crippen LogP contribution in [0.3, 0.4) is 0 Å². The van der Waals surface area contributed by atoms with Gasteiger partial charge in [0.15, 0.2) is 0 Å². The first-order valence-corrected chi connectivity index (χ1v) is 8.01. The molecule has 1 saturated heterocycles. The van der Waals surface area contributed by atoms with E-state index in [0.717, 1.165) is 13.1 Å². The number of carbonyl (C=O) groups excluding carboxylic acids is 1. The molecule has 3 aliphatic carbocycles. The van der Waals surface area contributed by atoms with E-state index in [4.69, 9.17) is 0 Å². The summed E-state index contributed by atoms with van der Waals surface area (Å²) in [5.74, 6) is 0.480. The molecule has 0 atom stereocenters. The van der Waals surface area contributed by atoms with Gasteiger partial charge in [-0.3, -0.25) is 4.79 Å². The van der Waals surface area contributed by atoms with Gasteiger partial charge in [0.05, 0.1) is 5.41 Å². The number of hydrogen-bond donors (Lipinski definition) is 1. The van der Waals surface area contributed by atoms with Crippen LogP contribution in [-0.2, 0) is 4.79 Å². The molecule has 0 aromatic heterocycles. The van der Waals surface area contributed by atoms with Gasteiger partial charge in [-0.1, -0.05) is 34.6 Å². The van der Waals surface area contributed by atoms with E-state index >= 15 is 0 Å². The molecule has 0 aromatic rings. The molecule has 2 bridgehead atoms. The second kappa shape index (κ2) is 7.88. The van der Waals surface area contributed by atoms with Crippen molar-refractivity contribution in [3.8, 4) is 0 Å². The van der Waals surface area contributed by atoms with Gasteiger partial charge in [0.2, 0.25) is 5.91 Å². The summed E-state index contributed by atoms with van der Waals surface area (Å²) < 4.78 is 0. The van der Waals surface area contributed by atoms with Crippen molar-refractivity contribution in [2.75, 3.05) is 20.1 Å². The Hall–Kier alpha value is -0.570. The first kappa shape index (κ1) is 18.4. The molecule has 114 valence electrons. The minimum absolute atomic E-state index is 0.138. The Bertz CT molecular complexity index is 250. The quantitative estimate of drug-likeness (QED) is 0.793. The monoisotopic (exact) mass is 270 g/mol. The molecule has 0 unspecified atom stereocenters. The maximum absolute atomic E-state index is 12.1. The van der Waals surface area contributed by atoms with Crippen molar-refractivity contribution in [2.24, 2.45) is 16.6 Å². The van der Waals surface area contributed by atoms with Crippen LogP contribution in [0.2, 0.25) is 0 Å². The summed E-state index contributed by atoms with van der Waals surface area (Å²) in [5, 5.41) is 0. The lowest BCUT2D eigenvalue weighted by molar-refractivity contribution is -0.208. The van der Waals surface area contributed by atoms with Gasteiger partial charge in [0.1, 0.15) is 0 Å². The Morgan fingerprint density at radius 1 is 0.947 bits per heavy atom. The van der Waals surface area contributed by atoms with E-state index in [2.05, 4.69) is 17.6 Å². The van der Waals surface area contributed by atoms with Crippen LogP contribution >= 0.6 is 0 Å². The van der Waals surface area contributed by atoms with Crippen molar-refractivity contribution in [3.05, 3.63) is 0 Å². The third kappa shape index (κ3) is 3.50. The highest BCUT2D eigenvalue weighted by Crippen LogP contribution is 2.73. The maximum Gasteiger partial charge on any atom is 0.228 e. The summed E-state index contributed by atoms with van der Waals surface area (Å²) in [7, 11) is 1.50. The number of likely N-dealkylation sites (tertiary alicyclic amines) is 1. The third-order valence-electron chi connectivity index (χ3n) is 4.14. The molecule has 1 amide bonds. The van der Waals surface area contributed by atoms with Crippen LogP contribution in [0.15, 0.2) is 0 Å². The van der Waals surface area contributed by atoms with Gasteiger partial charge in [0, 0.05) is 13.1 Å². The normalized spacial score (nSPS) is 33.1. The average molecular weight is 270 g/mol. The van der Waals surface area contributed by atoms with Gasteiger partial charge in [-0.2, -0.15) is 0 Å². The summed E-state index contributed by atoms with van der Waals surface area (Å²) in [6.45, 7) is 12.4. The zero-order valence-electron chi connectivity index (χ0n) is 13.9. The Balaban J connectivity index is 0.000000482. The van der Waals surface area contributed by atoms with Crippen LogP contribution in [0, 0.1) is 10.8 Å². The molecule has 0 radical (unpaired) electrons. The molecule has 0 spiro atoms. The SMILES string of the molecule is CC.CC.CC12CC(C(=O)N3CCCC3)(C1)C2.CN. The van der Waals surface area contributed by atoms with Crippen molar-refractivity contribution < 1.29 is 4.79 Å². The van der Waals surface area contributed by atoms with Gasteiger partial charge >= 0.3 is 0 Å². The molecule has 1 heterocycles. The number of amides is 1. The van der Waals surface area contributed by atoms with Crippen LogP contribution in [0.5, 0.6) is 0 Å². The van der Waals surface area contributed by atoms with Crippen LogP contribution in [0.4, 0.5) is 0 Å². The van der Waals surface area contributed by atoms with Crippen LogP contribution < -0.4 is 5.73 Å². The smallest absolute Gasteiger partial charge is 0.228 e. The van der Waals surface area contributed by atoms with E-state index in [-0.39, 0.29) is 5.41 Å². The number of carbonyl (C=O) groups is 1. The van der Waals surface area contributed by atoms with Crippen molar-refractivity contribution >= 4 is 5.91 Å². The Morgan fingerprint density at radius 3 is 1.63 bits per heavy atom. The molecule has 3 saturated carbocycles. The van der Waals surface area contributed by atoms with E-state index in [1.54, 1.807) is 0 Å². The first-order valence-electron chi connectivity index (χ1n) is 8.01. The zero-order valence-corrected chi connectivity index (χ0v) is 13.9. The lowest BCUT2D eigenvalue weighted by Gasteiger charge is -2.68.